The molecule has 0 aliphatic carbocycles. The molecule has 0 radical (unpaired) electrons. The van der Waals surface area contributed by atoms with E-state index in [0.29, 0.717) is 6.54 Å². The normalized spacial score (nSPS) is 10.8. The van der Waals surface area contributed by atoms with Crippen LogP contribution in [-0.2, 0) is 11.2 Å². The van der Waals surface area contributed by atoms with Crippen LogP contribution in [0.3, 0.4) is 0 Å². The van der Waals surface area contributed by atoms with Crippen LogP contribution in [0.25, 0.3) is 0 Å². The summed E-state index contributed by atoms with van der Waals surface area (Å²) < 4.78 is 5.40. The molecule has 1 amide bonds. The van der Waals surface area contributed by atoms with Crippen molar-refractivity contribution in [1.29, 1.82) is 0 Å². The van der Waals surface area contributed by atoms with Crippen molar-refractivity contribution in [2.24, 2.45) is 5.73 Å². The van der Waals surface area contributed by atoms with E-state index in [1.54, 1.807) is 0 Å². The van der Waals surface area contributed by atoms with Crippen LogP contribution in [0.2, 0.25) is 0 Å². The number of hydrogen-bond acceptors (Lipinski definition) is 3. The van der Waals surface area contributed by atoms with Gasteiger partial charge in [0.2, 0.25) is 5.91 Å². The number of carbonyl (C=O) groups excluding carboxylic acids is 1. The van der Waals surface area contributed by atoms with Crippen molar-refractivity contribution in [3.05, 3.63) is 23.7 Å². The number of carbonyl (C=O) groups is 1. The predicted molar refractivity (Wildman–Crippen MR) is 53.8 cm³/mol. The SMILES string of the molecule is Cc1ccc(CCN(C)CC(N)=O)o1. The first-order valence-corrected chi connectivity index (χ1v) is 4.60. The van der Waals surface area contributed by atoms with Crippen LogP contribution < -0.4 is 5.73 Å². The van der Waals surface area contributed by atoms with Crippen molar-refractivity contribution in [2.45, 2.75) is 13.3 Å². The molecular weight excluding hydrogens is 180 g/mol. The lowest BCUT2D eigenvalue weighted by Gasteiger charge is -2.12. The molecule has 0 fully saturated rings. The summed E-state index contributed by atoms with van der Waals surface area (Å²) in [6.45, 7) is 2.98. The number of primary amides is 1. The van der Waals surface area contributed by atoms with E-state index in [9.17, 15) is 4.79 Å². The Kier molecular flexibility index (Phi) is 3.71. The summed E-state index contributed by atoms with van der Waals surface area (Å²) >= 11 is 0. The van der Waals surface area contributed by atoms with E-state index in [2.05, 4.69) is 0 Å². The van der Waals surface area contributed by atoms with Crippen LogP contribution >= 0.6 is 0 Å². The number of likely N-dealkylation sites (N-methyl/N-ethyl adjacent to an activating group) is 1. The van der Waals surface area contributed by atoms with Crippen LogP contribution in [0.5, 0.6) is 0 Å². The second-order valence-electron chi connectivity index (χ2n) is 3.47. The summed E-state index contributed by atoms with van der Waals surface area (Å²) in [5.41, 5.74) is 5.06. The van der Waals surface area contributed by atoms with Gasteiger partial charge < -0.3 is 10.2 Å². The molecule has 1 aromatic rings. The van der Waals surface area contributed by atoms with Crippen molar-refractivity contribution >= 4 is 5.91 Å². The van der Waals surface area contributed by atoms with Gasteiger partial charge >= 0.3 is 0 Å². The molecule has 1 heterocycles. The fourth-order valence-corrected chi connectivity index (χ4v) is 1.27. The zero-order valence-electron chi connectivity index (χ0n) is 8.62. The fourth-order valence-electron chi connectivity index (χ4n) is 1.27. The van der Waals surface area contributed by atoms with Gasteiger partial charge in [-0.2, -0.15) is 0 Å². The van der Waals surface area contributed by atoms with Gasteiger partial charge in [0.25, 0.3) is 0 Å². The average Bonchev–Trinajstić information content (AvgIpc) is 2.47. The van der Waals surface area contributed by atoms with Gasteiger partial charge in [-0.05, 0) is 26.1 Å². The number of rotatable bonds is 5. The molecule has 0 bridgehead atoms. The number of nitrogens with zero attached hydrogens (tertiary/aromatic N) is 1. The third-order valence-corrected chi connectivity index (χ3v) is 1.96. The molecule has 14 heavy (non-hydrogen) atoms. The summed E-state index contributed by atoms with van der Waals surface area (Å²) in [7, 11) is 1.86. The van der Waals surface area contributed by atoms with Gasteiger partial charge in [-0.15, -0.1) is 0 Å². The second-order valence-corrected chi connectivity index (χ2v) is 3.47. The molecule has 0 atom stereocenters. The van der Waals surface area contributed by atoms with Crippen molar-refractivity contribution in [3.63, 3.8) is 0 Å². The summed E-state index contributed by atoms with van der Waals surface area (Å²) in [5, 5.41) is 0. The lowest BCUT2D eigenvalue weighted by molar-refractivity contribution is -0.118. The molecule has 4 heteroatoms. The average molecular weight is 196 g/mol. The zero-order chi connectivity index (χ0) is 10.6. The van der Waals surface area contributed by atoms with Gasteiger partial charge in [0.05, 0.1) is 6.54 Å². The first-order chi connectivity index (χ1) is 6.58. The van der Waals surface area contributed by atoms with Crippen LogP contribution in [0.15, 0.2) is 16.5 Å². The van der Waals surface area contributed by atoms with E-state index in [1.807, 2.05) is 31.0 Å². The lowest BCUT2D eigenvalue weighted by atomic mass is 10.3. The Morgan fingerprint density at radius 2 is 2.29 bits per heavy atom. The number of hydrogen-bond donors (Lipinski definition) is 1. The summed E-state index contributed by atoms with van der Waals surface area (Å²) in [6, 6.07) is 3.89. The maximum atomic E-state index is 10.6. The van der Waals surface area contributed by atoms with Gasteiger partial charge in [0, 0.05) is 13.0 Å². The van der Waals surface area contributed by atoms with Gasteiger partial charge in [0.15, 0.2) is 0 Å². The zero-order valence-corrected chi connectivity index (χ0v) is 8.62. The molecule has 1 rings (SSSR count). The summed E-state index contributed by atoms with van der Waals surface area (Å²) in [5.74, 6) is 1.56. The minimum absolute atomic E-state index is 0.291. The van der Waals surface area contributed by atoms with Crippen molar-refractivity contribution in [1.82, 2.24) is 4.90 Å². The Labute approximate surface area is 83.7 Å². The maximum absolute atomic E-state index is 10.6. The van der Waals surface area contributed by atoms with Crippen LogP contribution in [0.4, 0.5) is 0 Å². The Hall–Kier alpha value is -1.29. The molecule has 0 aliphatic heterocycles. The molecule has 0 aromatic carbocycles. The third-order valence-electron chi connectivity index (χ3n) is 1.96. The largest absolute Gasteiger partial charge is 0.466 e. The number of furan rings is 1. The molecule has 0 aliphatic rings. The molecule has 78 valence electrons. The maximum Gasteiger partial charge on any atom is 0.231 e. The van der Waals surface area contributed by atoms with Crippen LogP contribution in [-0.4, -0.2) is 30.9 Å². The Morgan fingerprint density at radius 1 is 1.57 bits per heavy atom. The summed E-state index contributed by atoms with van der Waals surface area (Å²) in [4.78, 5) is 12.5. The van der Waals surface area contributed by atoms with Crippen molar-refractivity contribution in [2.75, 3.05) is 20.1 Å². The smallest absolute Gasteiger partial charge is 0.231 e. The molecule has 0 saturated heterocycles. The topological polar surface area (TPSA) is 59.5 Å². The second kappa shape index (κ2) is 4.81. The van der Waals surface area contributed by atoms with E-state index in [-0.39, 0.29) is 5.91 Å². The minimum atomic E-state index is -0.303. The van der Waals surface area contributed by atoms with E-state index < -0.39 is 0 Å². The van der Waals surface area contributed by atoms with E-state index in [0.717, 1.165) is 24.5 Å². The highest BCUT2D eigenvalue weighted by molar-refractivity contribution is 5.75. The Bertz CT molecular complexity index is 307. The third kappa shape index (κ3) is 3.62. The van der Waals surface area contributed by atoms with E-state index >= 15 is 0 Å². The van der Waals surface area contributed by atoms with Gasteiger partial charge in [0.1, 0.15) is 11.5 Å². The Morgan fingerprint density at radius 3 is 2.79 bits per heavy atom. The molecule has 4 nitrogen and oxygen atoms in total. The Balaban J connectivity index is 2.30. The quantitative estimate of drug-likeness (QED) is 0.748. The number of amides is 1. The van der Waals surface area contributed by atoms with E-state index in [1.165, 1.54) is 0 Å². The monoisotopic (exact) mass is 196 g/mol. The summed E-state index contributed by atoms with van der Waals surface area (Å²) in [6.07, 6.45) is 0.803. The minimum Gasteiger partial charge on any atom is -0.466 e. The highest BCUT2D eigenvalue weighted by Gasteiger charge is 2.04. The molecular formula is C10H16N2O2. The van der Waals surface area contributed by atoms with Crippen molar-refractivity contribution in [3.8, 4) is 0 Å². The van der Waals surface area contributed by atoms with Gasteiger partial charge in [-0.25, -0.2) is 0 Å². The molecule has 0 saturated carbocycles. The standard InChI is InChI=1S/C10H16N2O2/c1-8-3-4-9(14-8)5-6-12(2)7-10(11)13/h3-4H,5-7H2,1-2H3,(H2,11,13). The van der Waals surface area contributed by atoms with Crippen LogP contribution in [0, 0.1) is 6.92 Å². The lowest BCUT2D eigenvalue weighted by Crippen LogP contribution is -2.31. The fraction of sp³-hybridized carbons (Fsp3) is 0.500. The van der Waals surface area contributed by atoms with Gasteiger partial charge in [-0.3, -0.25) is 9.69 Å². The van der Waals surface area contributed by atoms with E-state index in [4.69, 9.17) is 10.2 Å². The number of nitrogens with two attached hydrogens (primary N) is 1. The first kappa shape index (κ1) is 10.8. The molecule has 0 spiro atoms. The van der Waals surface area contributed by atoms with Gasteiger partial charge in [-0.1, -0.05) is 0 Å². The molecule has 0 unspecified atom stereocenters. The highest BCUT2D eigenvalue weighted by Crippen LogP contribution is 2.06. The van der Waals surface area contributed by atoms with Crippen molar-refractivity contribution < 1.29 is 9.21 Å². The predicted octanol–water partition coefficient (Wildman–Crippen LogP) is 0.548. The molecule has 1 aromatic heterocycles. The highest BCUT2D eigenvalue weighted by atomic mass is 16.3. The first-order valence-electron chi connectivity index (χ1n) is 4.60. The van der Waals surface area contributed by atoms with Crippen LogP contribution in [0.1, 0.15) is 11.5 Å². The molecule has 2 N–H and O–H groups in total. The number of aryl methyl sites for hydroxylation is 1.